The van der Waals surface area contributed by atoms with E-state index in [1.54, 1.807) is 13.1 Å². The van der Waals surface area contributed by atoms with Crippen LogP contribution >= 0.6 is 0 Å². The fraction of sp³-hybridized carbons (Fsp3) is 0.273. The first-order valence-electron chi connectivity index (χ1n) is 9.63. The fourth-order valence-corrected chi connectivity index (χ4v) is 3.55. The smallest absolute Gasteiger partial charge is 0.274 e. The number of amides is 1. The van der Waals surface area contributed by atoms with Crippen molar-refractivity contribution in [3.8, 4) is 0 Å². The number of aromatic nitrogens is 4. The van der Waals surface area contributed by atoms with Crippen molar-refractivity contribution in [2.45, 2.75) is 26.3 Å². The van der Waals surface area contributed by atoms with Gasteiger partial charge in [-0.1, -0.05) is 44.2 Å². The minimum Gasteiger partial charge on any atom is -0.346 e. The van der Waals surface area contributed by atoms with Crippen LogP contribution in [0.1, 0.15) is 31.4 Å². The average Bonchev–Trinajstić information content (AvgIpc) is 3.13. The average molecular weight is 389 g/mol. The summed E-state index contributed by atoms with van der Waals surface area (Å²) in [5.41, 5.74) is 2.21. The Morgan fingerprint density at radius 3 is 2.52 bits per heavy atom. The molecule has 0 unspecified atom stereocenters. The lowest BCUT2D eigenvalue weighted by atomic mass is 10.0. The Bertz CT molecular complexity index is 1220. The summed E-state index contributed by atoms with van der Waals surface area (Å²) in [6, 6.07) is 14.8. The number of carbonyl (C=O) groups excluding carboxylic acids is 1. The molecule has 0 spiro atoms. The van der Waals surface area contributed by atoms with Crippen molar-refractivity contribution in [1.82, 2.24) is 25.1 Å². The van der Waals surface area contributed by atoms with Crippen LogP contribution in [0.2, 0.25) is 0 Å². The summed E-state index contributed by atoms with van der Waals surface area (Å²) in [4.78, 5) is 33.1. The molecule has 148 valence electrons. The molecule has 7 nitrogen and oxygen atoms in total. The van der Waals surface area contributed by atoms with E-state index in [2.05, 4.69) is 20.4 Å². The van der Waals surface area contributed by atoms with Gasteiger partial charge < -0.3 is 10.3 Å². The molecule has 1 atom stereocenters. The highest BCUT2D eigenvalue weighted by Gasteiger charge is 2.23. The van der Waals surface area contributed by atoms with E-state index in [9.17, 15) is 9.59 Å². The van der Waals surface area contributed by atoms with Gasteiger partial charge in [0.2, 0.25) is 5.91 Å². The van der Waals surface area contributed by atoms with Crippen LogP contribution in [-0.4, -0.2) is 25.7 Å². The van der Waals surface area contributed by atoms with E-state index >= 15 is 0 Å². The van der Waals surface area contributed by atoms with Crippen LogP contribution in [-0.2, 0) is 18.3 Å². The van der Waals surface area contributed by atoms with Crippen molar-refractivity contribution in [3.05, 3.63) is 70.4 Å². The van der Waals surface area contributed by atoms with Gasteiger partial charge in [0, 0.05) is 12.4 Å². The molecule has 4 rings (SSSR count). The van der Waals surface area contributed by atoms with E-state index in [-0.39, 0.29) is 29.8 Å². The Kier molecular flexibility index (Phi) is 4.88. The normalized spacial score (nSPS) is 12.6. The van der Waals surface area contributed by atoms with Crippen LogP contribution in [0.15, 0.2) is 53.3 Å². The molecule has 0 aliphatic heterocycles. The Hall–Kier alpha value is -3.48. The molecule has 2 N–H and O–H groups in total. The molecule has 0 fully saturated rings. The summed E-state index contributed by atoms with van der Waals surface area (Å²) >= 11 is 0. The standard InChI is InChI=1S/C22H23N5O2/c1-13(2)20(21-23-16-10-6-7-11-17(16)24-21)25-19(28)12-18-14-8-4-5-9-15(14)22(29)27(3)26-18/h4-11,13,20H,12H2,1-3H3,(H,23,24)(H,25,28)/t20-/m0/s1. The lowest BCUT2D eigenvalue weighted by Gasteiger charge is -2.20. The molecule has 4 aromatic rings. The maximum atomic E-state index is 12.9. The zero-order valence-electron chi connectivity index (χ0n) is 16.6. The van der Waals surface area contributed by atoms with Gasteiger partial charge in [0.15, 0.2) is 0 Å². The lowest BCUT2D eigenvalue weighted by Crippen LogP contribution is -2.34. The van der Waals surface area contributed by atoms with Crippen molar-refractivity contribution in [1.29, 1.82) is 0 Å². The largest absolute Gasteiger partial charge is 0.346 e. The third-order valence-corrected chi connectivity index (χ3v) is 5.05. The number of benzene rings is 2. The van der Waals surface area contributed by atoms with E-state index in [0.29, 0.717) is 16.5 Å². The number of imidazole rings is 1. The first-order chi connectivity index (χ1) is 13.9. The molecule has 0 aliphatic carbocycles. The topological polar surface area (TPSA) is 92.7 Å². The molecule has 1 amide bonds. The van der Waals surface area contributed by atoms with Crippen LogP contribution in [0.3, 0.4) is 0 Å². The summed E-state index contributed by atoms with van der Waals surface area (Å²) in [5.74, 6) is 0.706. The van der Waals surface area contributed by atoms with Crippen molar-refractivity contribution in [3.63, 3.8) is 0 Å². The Labute approximate surface area is 167 Å². The number of nitrogens with zero attached hydrogens (tertiary/aromatic N) is 3. The summed E-state index contributed by atoms with van der Waals surface area (Å²) in [5, 5.41) is 8.67. The minimum absolute atomic E-state index is 0.0814. The third kappa shape index (κ3) is 3.63. The fourth-order valence-electron chi connectivity index (χ4n) is 3.55. The van der Waals surface area contributed by atoms with E-state index in [1.165, 1.54) is 4.68 Å². The minimum atomic E-state index is -0.256. The SMILES string of the molecule is CC(C)[C@H](NC(=O)Cc1nn(C)c(=O)c2ccccc12)c1nc2ccccc2[nH]1. The van der Waals surface area contributed by atoms with E-state index in [1.807, 2.05) is 56.3 Å². The molecule has 2 heterocycles. The van der Waals surface area contributed by atoms with Crippen LogP contribution in [0.4, 0.5) is 0 Å². The second-order valence-corrected chi connectivity index (χ2v) is 7.53. The zero-order valence-corrected chi connectivity index (χ0v) is 16.6. The summed E-state index contributed by atoms with van der Waals surface area (Å²) in [6.45, 7) is 4.08. The van der Waals surface area contributed by atoms with E-state index in [0.717, 1.165) is 16.9 Å². The molecule has 0 bridgehead atoms. The van der Waals surface area contributed by atoms with Crippen LogP contribution < -0.4 is 10.9 Å². The van der Waals surface area contributed by atoms with Crippen LogP contribution in [0, 0.1) is 5.92 Å². The zero-order chi connectivity index (χ0) is 20.5. The third-order valence-electron chi connectivity index (χ3n) is 5.05. The summed E-state index contributed by atoms with van der Waals surface area (Å²) in [6.07, 6.45) is 0.0814. The van der Waals surface area contributed by atoms with Gasteiger partial charge >= 0.3 is 0 Å². The van der Waals surface area contributed by atoms with Crippen molar-refractivity contribution in [2.75, 3.05) is 0 Å². The van der Waals surface area contributed by atoms with E-state index in [4.69, 9.17) is 0 Å². The van der Waals surface area contributed by atoms with Gasteiger partial charge in [-0.2, -0.15) is 5.10 Å². The first kappa shape index (κ1) is 18.9. The van der Waals surface area contributed by atoms with Crippen LogP contribution in [0.25, 0.3) is 21.8 Å². The highest BCUT2D eigenvalue weighted by molar-refractivity contribution is 5.88. The molecule has 0 saturated heterocycles. The number of aromatic amines is 1. The molecule has 0 aliphatic rings. The number of carbonyl (C=O) groups is 1. The summed E-state index contributed by atoms with van der Waals surface area (Å²) in [7, 11) is 1.60. The predicted molar refractivity (Wildman–Crippen MR) is 113 cm³/mol. The molecule has 2 aromatic heterocycles. The van der Waals surface area contributed by atoms with Crippen LogP contribution in [0.5, 0.6) is 0 Å². The number of hydrogen-bond donors (Lipinski definition) is 2. The molecular weight excluding hydrogens is 366 g/mol. The maximum absolute atomic E-state index is 12.9. The molecule has 2 aromatic carbocycles. The maximum Gasteiger partial charge on any atom is 0.274 e. The molecule has 29 heavy (non-hydrogen) atoms. The van der Waals surface area contributed by atoms with Crippen molar-refractivity contribution in [2.24, 2.45) is 13.0 Å². The number of aryl methyl sites for hydroxylation is 1. The van der Waals surface area contributed by atoms with Crippen molar-refractivity contribution < 1.29 is 4.79 Å². The number of para-hydroxylation sites is 2. The molecular formula is C22H23N5O2. The van der Waals surface area contributed by atoms with Gasteiger partial charge in [0.05, 0.1) is 34.6 Å². The predicted octanol–water partition coefficient (Wildman–Crippen LogP) is 2.87. The highest BCUT2D eigenvalue weighted by atomic mass is 16.2. The number of fused-ring (bicyclic) bond motifs is 2. The lowest BCUT2D eigenvalue weighted by molar-refractivity contribution is -0.121. The van der Waals surface area contributed by atoms with Gasteiger partial charge in [0.25, 0.3) is 5.56 Å². The van der Waals surface area contributed by atoms with Gasteiger partial charge in [-0.25, -0.2) is 9.67 Å². The van der Waals surface area contributed by atoms with Crippen molar-refractivity contribution >= 4 is 27.7 Å². The molecule has 7 heteroatoms. The first-order valence-corrected chi connectivity index (χ1v) is 9.63. The molecule has 0 radical (unpaired) electrons. The second-order valence-electron chi connectivity index (χ2n) is 7.53. The Morgan fingerprint density at radius 1 is 1.10 bits per heavy atom. The van der Waals surface area contributed by atoms with Gasteiger partial charge in [-0.3, -0.25) is 9.59 Å². The Balaban J connectivity index is 1.62. The van der Waals surface area contributed by atoms with E-state index < -0.39 is 0 Å². The van der Waals surface area contributed by atoms with Gasteiger partial charge in [0.1, 0.15) is 5.82 Å². The second kappa shape index (κ2) is 7.50. The Morgan fingerprint density at radius 2 is 1.79 bits per heavy atom. The quantitative estimate of drug-likeness (QED) is 0.549. The van der Waals surface area contributed by atoms with Gasteiger partial charge in [-0.05, 0) is 24.1 Å². The number of nitrogens with one attached hydrogen (secondary N) is 2. The number of H-pyrrole nitrogens is 1. The number of rotatable bonds is 5. The summed E-state index contributed by atoms with van der Waals surface area (Å²) < 4.78 is 1.28. The molecule has 0 saturated carbocycles. The monoisotopic (exact) mass is 389 g/mol. The number of hydrogen-bond acceptors (Lipinski definition) is 4. The van der Waals surface area contributed by atoms with Gasteiger partial charge in [-0.15, -0.1) is 0 Å². The highest BCUT2D eigenvalue weighted by Crippen LogP contribution is 2.22.